The molecule has 0 radical (unpaired) electrons. The average molecular weight is 382 g/mol. The van der Waals surface area contributed by atoms with E-state index >= 15 is 0 Å². The second-order valence-corrected chi connectivity index (χ2v) is 6.64. The molecule has 3 aromatic rings. The first-order valence-electron chi connectivity index (χ1n) is 6.72. The van der Waals surface area contributed by atoms with Crippen LogP contribution in [-0.4, -0.2) is 10.8 Å². The number of hydrogen-bond acceptors (Lipinski definition) is 5. The quantitative estimate of drug-likeness (QED) is 0.613. The van der Waals surface area contributed by atoms with Crippen molar-refractivity contribution in [1.82, 2.24) is 4.98 Å². The topological polar surface area (TPSA) is 68.0 Å². The molecule has 0 amide bonds. The molecule has 4 nitrogen and oxygen atoms in total. The van der Waals surface area contributed by atoms with Crippen molar-refractivity contribution in [3.8, 4) is 0 Å². The Morgan fingerprint density at radius 3 is 2.50 bits per heavy atom. The van der Waals surface area contributed by atoms with E-state index in [0.717, 1.165) is 11.3 Å². The summed E-state index contributed by atoms with van der Waals surface area (Å²) in [6.45, 7) is 0. The van der Waals surface area contributed by atoms with Crippen molar-refractivity contribution in [2.75, 3.05) is 11.1 Å². The molecule has 0 bridgehead atoms. The Kier molecular flexibility index (Phi) is 4.71. The lowest BCUT2D eigenvalue weighted by molar-refractivity contribution is 0.104. The molecule has 3 rings (SSSR count). The third kappa shape index (κ3) is 3.51. The SMILES string of the molecule is Nc1nc(Nc2ccc(Cl)c(Cl)c2)sc1C(=O)c1ccc(F)cc1. The molecule has 0 aliphatic rings. The van der Waals surface area contributed by atoms with Crippen LogP contribution < -0.4 is 11.1 Å². The summed E-state index contributed by atoms with van der Waals surface area (Å²) >= 11 is 12.9. The highest BCUT2D eigenvalue weighted by Gasteiger charge is 2.18. The van der Waals surface area contributed by atoms with E-state index in [4.69, 9.17) is 28.9 Å². The zero-order chi connectivity index (χ0) is 17.3. The monoisotopic (exact) mass is 381 g/mol. The van der Waals surface area contributed by atoms with Crippen LogP contribution in [-0.2, 0) is 0 Å². The van der Waals surface area contributed by atoms with Crippen molar-refractivity contribution >= 4 is 57.0 Å². The fraction of sp³-hybridized carbons (Fsp3) is 0. The number of hydrogen-bond donors (Lipinski definition) is 2. The Balaban J connectivity index is 1.85. The molecule has 0 aliphatic heterocycles. The van der Waals surface area contributed by atoms with E-state index in [1.165, 1.54) is 24.3 Å². The number of halogens is 3. The number of carbonyl (C=O) groups is 1. The van der Waals surface area contributed by atoms with Gasteiger partial charge in [0.1, 0.15) is 16.5 Å². The van der Waals surface area contributed by atoms with Gasteiger partial charge in [0.05, 0.1) is 10.0 Å². The summed E-state index contributed by atoms with van der Waals surface area (Å²) in [5.74, 6) is -0.616. The van der Waals surface area contributed by atoms with Crippen molar-refractivity contribution in [2.24, 2.45) is 0 Å². The molecular formula is C16H10Cl2FN3OS. The number of aromatic nitrogens is 1. The third-order valence-corrected chi connectivity index (χ3v) is 4.86. The Bertz CT molecular complexity index is 912. The number of nitrogens with one attached hydrogen (secondary N) is 1. The summed E-state index contributed by atoms with van der Waals surface area (Å²) in [5.41, 5.74) is 6.84. The van der Waals surface area contributed by atoms with Gasteiger partial charge in [0, 0.05) is 11.3 Å². The summed E-state index contributed by atoms with van der Waals surface area (Å²) in [7, 11) is 0. The first-order valence-corrected chi connectivity index (χ1v) is 8.30. The Morgan fingerprint density at radius 1 is 1.12 bits per heavy atom. The molecule has 0 aliphatic carbocycles. The highest BCUT2D eigenvalue weighted by Crippen LogP contribution is 2.31. The molecule has 3 N–H and O–H groups in total. The molecule has 0 atom stereocenters. The van der Waals surface area contributed by atoms with E-state index in [0.29, 0.717) is 26.4 Å². The summed E-state index contributed by atoms with van der Waals surface area (Å²) in [4.78, 5) is 16.9. The van der Waals surface area contributed by atoms with Crippen LogP contribution in [0.3, 0.4) is 0 Å². The van der Waals surface area contributed by atoms with E-state index in [1.54, 1.807) is 18.2 Å². The minimum absolute atomic E-state index is 0.108. The van der Waals surface area contributed by atoms with Crippen LogP contribution in [0.25, 0.3) is 0 Å². The number of benzene rings is 2. The molecule has 0 saturated carbocycles. The first-order chi connectivity index (χ1) is 11.4. The predicted octanol–water partition coefficient (Wildman–Crippen LogP) is 5.15. The van der Waals surface area contributed by atoms with Crippen LogP contribution in [0.4, 0.5) is 21.0 Å². The maximum atomic E-state index is 13.0. The van der Waals surface area contributed by atoms with Gasteiger partial charge in [0.2, 0.25) is 5.78 Å². The number of rotatable bonds is 4. The second kappa shape index (κ2) is 6.76. The number of nitrogens with zero attached hydrogens (tertiary/aromatic N) is 1. The van der Waals surface area contributed by atoms with Gasteiger partial charge in [-0.25, -0.2) is 9.37 Å². The molecule has 0 unspecified atom stereocenters. The lowest BCUT2D eigenvalue weighted by Gasteiger charge is -2.03. The molecule has 122 valence electrons. The van der Waals surface area contributed by atoms with Crippen LogP contribution in [0, 0.1) is 5.82 Å². The number of nitrogen functional groups attached to an aromatic ring is 1. The van der Waals surface area contributed by atoms with Crippen molar-refractivity contribution in [2.45, 2.75) is 0 Å². The largest absolute Gasteiger partial charge is 0.382 e. The van der Waals surface area contributed by atoms with Crippen LogP contribution in [0.15, 0.2) is 42.5 Å². The zero-order valence-corrected chi connectivity index (χ0v) is 14.3. The van der Waals surface area contributed by atoms with Crippen molar-refractivity contribution in [3.05, 3.63) is 68.8 Å². The van der Waals surface area contributed by atoms with Crippen molar-refractivity contribution in [3.63, 3.8) is 0 Å². The van der Waals surface area contributed by atoms with Gasteiger partial charge in [-0.2, -0.15) is 0 Å². The minimum atomic E-state index is -0.411. The maximum absolute atomic E-state index is 13.0. The third-order valence-electron chi connectivity index (χ3n) is 3.14. The molecule has 1 heterocycles. The molecule has 1 aromatic heterocycles. The number of ketones is 1. The summed E-state index contributed by atoms with van der Waals surface area (Å²) in [5, 5.41) is 4.30. The summed E-state index contributed by atoms with van der Waals surface area (Å²) < 4.78 is 13.0. The fourth-order valence-corrected chi connectivity index (χ4v) is 3.14. The number of thiazole rings is 1. The fourth-order valence-electron chi connectivity index (χ4n) is 1.98. The number of anilines is 3. The molecule has 0 saturated heterocycles. The standard InChI is InChI=1S/C16H10Cl2FN3OS/c17-11-6-5-10(7-12(11)18)21-16-22-15(20)14(24-16)13(23)8-1-3-9(19)4-2-8/h1-7H,20H2,(H,21,22). The molecule has 24 heavy (non-hydrogen) atoms. The molecule has 8 heteroatoms. The highest BCUT2D eigenvalue weighted by molar-refractivity contribution is 7.18. The summed E-state index contributed by atoms with van der Waals surface area (Å²) in [6.07, 6.45) is 0. The van der Waals surface area contributed by atoms with Gasteiger partial charge >= 0.3 is 0 Å². The van der Waals surface area contributed by atoms with Crippen LogP contribution >= 0.6 is 34.5 Å². The smallest absolute Gasteiger partial charge is 0.206 e. The van der Waals surface area contributed by atoms with E-state index < -0.39 is 5.82 Å². The molecule has 0 fully saturated rings. The van der Waals surface area contributed by atoms with Crippen LogP contribution in [0.1, 0.15) is 15.2 Å². The lowest BCUT2D eigenvalue weighted by atomic mass is 10.1. The van der Waals surface area contributed by atoms with Gasteiger partial charge < -0.3 is 11.1 Å². The highest BCUT2D eigenvalue weighted by atomic mass is 35.5. The predicted molar refractivity (Wildman–Crippen MR) is 96.1 cm³/mol. The Hall–Kier alpha value is -2.15. The Morgan fingerprint density at radius 2 is 1.83 bits per heavy atom. The van der Waals surface area contributed by atoms with Crippen LogP contribution in [0.5, 0.6) is 0 Å². The minimum Gasteiger partial charge on any atom is -0.382 e. The van der Waals surface area contributed by atoms with Gasteiger partial charge in [-0.3, -0.25) is 4.79 Å². The van der Waals surface area contributed by atoms with Gasteiger partial charge in [-0.05, 0) is 42.5 Å². The van der Waals surface area contributed by atoms with Crippen LogP contribution in [0.2, 0.25) is 10.0 Å². The summed E-state index contributed by atoms with van der Waals surface area (Å²) in [6, 6.07) is 10.3. The van der Waals surface area contributed by atoms with Crippen molar-refractivity contribution < 1.29 is 9.18 Å². The van der Waals surface area contributed by atoms with E-state index in [1.807, 2.05) is 0 Å². The van der Waals surface area contributed by atoms with E-state index in [2.05, 4.69) is 10.3 Å². The van der Waals surface area contributed by atoms with E-state index in [-0.39, 0.29) is 16.5 Å². The van der Waals surface area contributed by atoms with Crippen molar-refractivity contribution in [1.29, 1.82) is 0 Å². The van der Waals surface area contributed by atoms with Gasteiger partial charge in [0.25, 0.3) is 0 Å². The van der Waals surface area contributed by atoms with Gasteiger partial charge in [0.15, 0.2) is 5.13 Å². The normalized spacial score (nSPS) is 10.6. The molecule has 0 spiro atoms. The maximum Gasteiger partial charge on any atom is 0.206 e. The first kappa shape index (κ1) is 16.7. The van der Waals surface area contributed by atoms with Gasteiger partial charge in [-0.1, -0.05) is 34.5 Å². The zero-order valence-electron chi connectivity index (χ0n) is 12.0. The number of carbonyl (C=O) groups excluding carboxylic acids is 1. The number of nitrogens with two attached hydrogens (primary N) is 1. The average Bonchev–Trinajstić information content (AvgIpc) is 2.91. The Labute approximate surface area is 151 Å². The molecular weight excluding hydrogens is 372 g/mol. The second-order valence-electron chi connectivity index (χ2n) is 4.82. The van der Waals surface area contributed by atoms with Gasteiger partial charge in [-0.15, -0.1) is 0 Å². The molecule has 2 aromatic carbocycles. The lowest BCUT2D eigenvalue weighted by Crippen LogP contribution is -2.02. The van der Waals surface area contributed by atoms with E-state index in [9.17, 15) is 9.18 Å².